The van der Waals surface area contributed by atoms with Gasteiger partial charge in [0.05, 0.1) is 6.04 Å². The first-order chi connectivity index (χ1) is 6.77. The average molecular weight is 196 g/mol. The smallest absolute Gasteiger partial charge is 0.239 e. The first kappa shape index (κ1) is 9.97. The summed E-state index contributed by atoms with van der Waals surface area (Å²) < 4.78 is 0. The van der Waals surface area contributed by atoms with Gasteiger partial charge in [0, 0.05) is 13.1 Å². The predicted octanol–water partition coefficient (Wildman–Crippen LogP) is 1.13. The van der Waals surface area contributed by atoms with Gasteiger partial charge in [-0.05, 0) is 31.6 Å². The quantitative estimate of drug-likeness (QED) is 0.719. The Balaban J connectivity index is 1.86. The van der Waals surface area contributed by atoms with E-state index in [9.17, 15) is 4.79 Å². The van der Waals surface area contributed by atoms with Gasteiger partial charge in [-0.1, -0.05) is 12.8 Å². The summed E-state index contributed by atoms with van der Waals surface area (Å²) in [6, 6.07) is -0.217. The van der Waals surface area contributed by atoms with Crippen LogP contribution in [0.25, 0.3) is 0 Å². The third-order valence-corrected chi connectivity index (χ3v) is 3.53. The molecule has 1 amide bonds. The van der Waals surface area contributed by atoms with Gasteiger partial charge in [-0.25, -0.2) is 0 Å². The zero-order chi connectivity index (χ0) is 9.97. The van der Waals surface area contributed by atoms with Crippen molar-refractivity contribution in [2.24, 2.45) is 11.7 Å². The highest BCUT2D eigenvalue weighted by Crippen LogP contribution is 2.26. The first-order valence-electron chi connectivity index (χ1n) is 5.82. The van der Waals surface area contributed by atoms with E-state index in [1.807, 2.05) is 4.90 Å². The van der Waals surface area contributed by atoms with Crippen LogP contribution in [0.1, 0.15) is 38.5 Å². The maximum atomic E-state index is 11.7. The molecule has 80 valence electrons. The van der Waals surface area contributed by atoms with Crippen molar-refractivity contribution in [2.45, 2.75) is 44.6 Å². The van der Waals surface area contributed by atoms with E-state index in [0.29, 0.717) is 0 Å². The standard InChI is InChI=1S/C11H20N2O/c12-10-6-3-7-13(11(10)14)8-9-4-1-2-5-9/h9-10H,1-8,12H2. The van der Waals surface area contributed by atoms with E-state index in [1.165, 1.54) is 25.7 Å². The summed E-state index contributed by atoms with van der Waals surface area (Å²) in [7, 11) is 0. The minimum Gasteiger partial charge on any atom is -0.341 e. The van der Waals surface area contributed by atoms with Crippen molar-refractivity contribution in [3.05, 3.63) is 0 Å². The molecule has 0 radical (unpaired) electrons. The van der Waals surface area contributed by atoms with Crippen LogP contribution in [0.5, 0.6) is 0 Å². The third-order valence-electron chi connectivity index (χ3n) is 3.53. The van der Waals surface area contributed by atoms with Crippen LogP contribution in [-0.4, -0.2) is 29.9 Å². The minimum absolute atomic E-state index is 0.183. The molecule has 1 saturated heterocycles. The van der Waals surface area contributed by atoms with E-state index < -0.39 is 0 Å². The van der Waals surface area contributed by atoms with Crippen LogP contribution in [0.3, 0.4) is 0 Å². The molecular weight excluding hydrogens is 176 g/mol. The van der Waals surface area contributed by atoms with E-state index in [0.717, 1.165) is 31.8 Å². The van der Waals surface area contributed by atoms with Gasteiger partial charge in [-0.15, -0.1) is 0 Å². The number of piperidine rings is 1. The van der Waals surface area contributed by atoms with Crippen LogP contribution in [0.4, 0.5) is 0 Å². The Morgan fingerprint density at radius 2 is 1.93 bits per heavy atom. The number of hydrogen-bond donors (Lipinski definition) is 1. The third kappa shape index (κ3) is 2.08. The highest BCUT2D eigenvalue weighted by molar-refractivity contribution is 5.82. The predicted molar refractivity (Wildman–Crippen MR) is 55.7 cm³/mol. The molecule has 1 saturated carbocycles. The molecule has 2 fully saturated rings. The lowest BCUT2D eigenvalue weighted by atomic mass is 10.0. The number of carbonyl (C=O) groups excluding carboxylic acids is 1. The maximum absolute atomic E-state index is 11.7. The van der Waals surface area contributed by atoms with Gasteiger partial charge in [-0.2, -0.15) is 0 Å². The second kappa shape index (κ2) is 4.30. The van der Waals surface area contributed by atoms with Crippen molar-refractivity contribution in [1.82, 2.24) is 4.90 Å². The Labute approximate surface area is 85.6 Å². The van der Waals surface area contributed by atoms with Crippen molar-refractivity contribution < 1.29 is 4.79 Å². The van der Waals surface area contributed by atoms with E-state index >= 15 is 0 Å². The van der Waals surface area contributed by atoms with E-state index in [-0.39, 0.29) is 11.9 Å². The molecule has 0 spiro atoms. The van der Waals surface area contributed by atoms with Gasteiger partial charge in [0.1, 0.15) is 0 Å². The van der Waals surface area contributed by atoms with E-state index in [2.05, 4.69) is 0 Å². The molecule has 2 N–H and O–H groups in total. The van der Waals surface area contributed by atoms with Crippen LogP contribution >= 0.6 is 0 Å². The van der Waals surface area contributed by atoms with Crippen molar-refractivity contribution in [1.29, 1.82) is 0 Å². The van der Waals surface area contributed by atoms with Gasteiger partial charge < -0.3 is 10.6 Å². The summed E-state index contributed by atoms with van der Waals surface area (Å²) in [6.45, 7) is 1.90. The molecule has 1 unspecified atom stereocenters. The molecule has 0 aromatic rings. The molecule has 0 bridgehead atoms. The number of amides is 1. The number of likely N-dealkylation sites (tertiary alicyclic amines) is 1. The second-order valence-corrected chi connectivity index (χ2v) is 4.68. The Kier molecular flexibility index (Phi) is 3.06. The summed E-state index contributed by atoms with van der Waals surface area (Å²) in [5.74, 6) is 0.937. The molecule has 3 nitrogen and oxygen atoms in total. The zero-order valence-electron chi connectivity index (χ0n) is 8.74. The number of nitrogens with two attached hydrogens (primary N) is 1. The van der Waals surface area contributed by atoms with Gasteiger partial charge in [0.2, 0.25) is 5.91 Å². The number of rotatable bonds is 2. The number of carbonyl (C=O) groups is 1. The largest absolute Gasteiger partial charge is 0.341 e. The summed E-state index contributed by atoms with van der Waals surface area (Å²) in [4.78, 5) is 13.7. The molecule has 14 heavy (non-hydrogen) atoms. The highest BCUT2D eigenvalue weighted by Gasteiger charge is 2.28. The molecule has 0 aromatic carbocycles. The van der Waals surface area contributed by atoms with Crippen LogP contribution in [0.15, 0.2) is 0 Å². The van der Waals surface area contributed by atoms with Crippen LogP contribution in [-0.2, 0) is 4.79 Å². The molecule has 1 aliphatic heterocycles. The molecule has 2 rings (SSSR count). The fourth-order valence-corrected chi connectivity index (χ4v) is 2.66. The van der Waals surface area contributed by atoms with Gasteiger partial charge >= 0.3 is 0 Å². The molecule has 2 aliphatic rings. The maximum Gasteiger partial charge on any atom is 0.239 e. The Hall–Kier alpha value is -0.570. The molecule has 0 aromatic heterocycles. The zero-order valence-corrected chi connectivity index (χ0v) is 8.74. The van der Waals surface area contributed by atoms with Crippen LogP contribution in [0.2, 0.25) is 0 Å². The van der Waals surface area contributed by atoms with Crippen molar-refractivity contribution in [3.63, 3.8) is 0 Å². The van der Waals surface area contributed by atoms with Gasteiger partial charge in [-0.3, -0.25) is 4.79 Å². The summed E-state index contributed by atoms with van der Waals surface area (Å²) in [5, 5.41) is 0. The van der Waals surface area contributed by atoms with E-state index in [1.54, 1.807) is 0 Å². The molecule has 1 atom stereocenters. The second-order valence-electron chi connectivity index (χ2n) is 4.68. The Bertz CT molecular complexity index is 211. The Morgan fingerprint density at radius 1 is 1.21 bits per heavy atom. The number of hydrogen-bond acceptors (Lipinski definition) is 2. The monoisotopic (exact) mass is 196 g/mol. The fraction of sp³-hybridized carbons (Fsp3) is 0.909. The lowest BCUT2D eigenvalue weighted by molar-refractivity contribution is -0.135. The summed E-state index contributed by atoms with van der Waals surface area (Å²) >= 11 is 0. The molecule has 3 heteroatoms. The number of nitrogens with zero attached hydrogens (tertiary/aromatic N) is 1. The van der Waals surface area contributed by atoms with E-state index in [4.69, 9.17) is 5.73 Å². The van der Waals surface area contributed by atoms with Crippen LogP contribution < -0.4 is 5.73 Å². The lowest BCUT2D eigenvalue weighted by Crippen LogP contribution is -2.49. The first-order valence-corrected chi connectivity index (χ1v) is 5.82. The van der Waals surface area contributed by atoms with Gasteiger partial charge in [0.25, 0.3) is 0 Å². The highest BCUT2D eigenvalue weighted by atomic mass is 16.2. The Morgan fingerprint density at radius 3 is 2.64 bits per heavy atom. The molecular formula is C11H20N2O. The average Bonchev–Trinajstić information content (AvgIpc) is 2.66. The normalized spacial score (nSPS) is 29.9. The van der Waals surface area contributed by atoms with Crippen molar-refractivity contribution in [3.8, 4) is 0 Å². The van der Waals surface area contributed by atoms with Crippen molar-refractivity contribution in [2.75, 3.05) is 13.1 Å². The topological polar surface area (TPSA) is 46.3 Å². The SMILES string of the molecule is NC1CCCN(CC2CCCC2)C1=O. The summed E-state index contributed by atoms with van der Waals surface area (Å²) in [5.41, 5.74) is 5.75. The van der Waals surface area contributed by atoms with Crippen LogP contribution in [0, 0.1) is 5.92 Å². The fourth-order valence-electron chi connectivity index (χ4n) is 2.66. The molecule has 1 heterocycles. The molecule has 1 aliphatic carbocycles. The van der Waals surface area contributed by atoms with Crippen molar-refractivity contribution >= 4 is 5.91 Å². The van der Waals surface area contributed by atoms with Gasteiger partial charge in [0.15, 0.2) is 0 Å². The minimum atomic E-state index is -0.217. The lowest BCUT2D eigenvalue weighted by Gasteiger charge is -2.32. The summed E-state index contributed by atoms with van der Waals surface area (Å²) in [6.07, 6.45) is 7.26.